The lowest BCUT2D eigenvalue weighted by atomic mass is 9.68. The first-order valence-corrected chi connectivity index (χ1v) is 6.80. The second-order valence-electron chi connectivity index (χ2n) is 5.36. The molecule has 1 aromatic carbocycles. The molecule has 1 spiro atoms. The lowest BCUT2D eigenvalue weighted by molar-refractivity contribution is -0.151. The van der Waals surface area contributed by atoms with Crippen LogP contribution in [-0.4, -0.2) is 32.3 Å². The van der Waals surface area contributed by atoms with E-state index in [4.69, 9.17) is 9.47 Å². The lowest BCUT2D eigenvalue weighted by Gasteiger charge is -2.44. The number of fused-ring (bicyclic) bond motifs is 2. The predicted octanol–water partition coefficient (Wildman–Crippen LogP) is 1.63. The van der Waals surface area contributed by atoms with Crippen LogP contribution in [-0.2, 0) is 14.9 Å². The summed E-state index contributed by atoms with van der Waals surface area (Å²) in [5.74, 6) is 0.568. The average molecular weight is 261 g/mol. The van der Waals surface area contributed by atoms with Gasteiger partial charge in [0.25, 0.3) is 0 Å². The fraction of sp³-hybridized carbons (Fsp3) is 0.533. The maximum atomic E-state index is 11.8. The number of nitrogens with one attached hydrogen (secondary N) is 1. The number of carbonyl (C=O) groups excluding carboxylic acids is 1. The Morgan fingerprint density at radius 2 is 2.11 bits per heavy atom. The van der Waals surface area contributed by atoms with Crippen molar-refractivity contribution < 1.29 is 14.3 Å². The van der Waals surface area contributed by atoms with Gasteiger partial charge in [-0.15, -0.1) is 0 Å². The van der Waals surface area contributed by atoms with E-state index in [2.05, 4.69) is 11.4 Å². The number of esters is 1. The number of methoxy groups -OCH3 is 1. The summed E-state index contributed by atoms with van der Waals surface area (Å²) in [7, 11) is 1.42. The van der Waals surface area contributed by atoms with Crippen LogP contribution in [0.3, 0.4) is 0 Å². The summed E-state index contributed by atoms with van der Waals surface area (Å²) in [6.07, 6.45) is 2.33. The van der Waals surface area contributed by atoms with E-state index in [0.29, 0.717) is 0 Å². The van der Waals surface area contributed by atoms with Crippen molar-refractivity contribution in [3.05, 3.63) is 29.8 Å². The largest absolute Gasteiger partial charge is 0.478 e. The molecule has 3 rings (SSSR count). The first-order valence-electron chi connectivity index (χ1n) is 6.80. The minimum atomic E-state index is -0.474. The highest BCUT2D eigenvalue weighted by Gasteiger charge is 2.44. The fourth-order valence-electron chi connectivity index (χ4n) is 3.31. The molecule has 0 bridgehead atoms. The van der Waals surface area contributed by atoms with E-state index < -0.39 is 6.10 Å². The molecule has 19 heavy (non-hydrogen) atoms. The Morgan fingerprint density at radius 3 is 2.84 bits per heavy atom. The molecule has 2 heterocycles. The van der Waals surface area contributed by atoms with Gasteiger partial charge in [-0.05, 0) is 32.0 Å². The summed E-state index contributed by atoms with van der Waals surface area (Å²) in [6, 6.07) is 8.08. The van der Waals surface area contributed by atoms with Gasteiger partial charge in [-0.3, -0.25) is 0 Å². The summed E-state index contributed by atoms with van der Waals surface area (Å²) in [5, 5.41) is 3.39. The third kappa shape index (κ3) is 2.10. The molecule has 2 aliphatic heterocycles. The second-order valence-corrected chi connectivity index (χ2v) is 5.36. The number of para-hydroxylation sites is 1. The van der Waals surface area contributed by atoms with Crippen molar-refractivity contribution in [2.24, 2.45) is 0 Å². The molecule has 1 fully saturated rings. The molecule has 1 N–H and O–H groups in total. The molecular weight excluding hydrogens is 242 g/mol. The Bertz CT molecular complexity index is 480. The molecule has 2 aliphatic rings. The quantitative estimate of drug-likeness (QED) is 0.781. The predicted molar refractivity (Wildman–Crippen MR) is 71.3 cm³/mol. The van der Waals surface area contributed by atoms with Gasteiger partial charge in [-0.2, -0.15) is 0 Å². The Labute approximate surface area is 113 Å². The molecule has 0 saturated carbocycles. The second kappa shape index (κ2) is 4.85. The number of hydrogen-bond donors (Lipinski definition) is 1. The standard InChI is InChI=1S/C15H19NO3/c1-18-14(17)13-10-15(6-8-16-9-7-15)11-4-2-3-5-12(11)19-13/h2-5,13,16H,6-10H2,1H3. The molecule has 0 aromatic heterocycles. The highest BCUT2D eigenvalue weighted by Crippen LogP contribution is 2.46. The van der Waals surface area contributed by atoms with Crippen molar-refractivity contribution in [2.75, 3.05) is 20.2 Å². The van der Waals surface area contributed by atoms with Crippen molar-refractivity contribution in [3.8, 4) is 5.75 Å². The number of hydrogen-bond acceptors (Lipinski definition) is 4. The number of carbonyl (C=O) groups is 1. The third-order valence-electron chi connectivity index (χ3n) is 4.33. The van der Waals surface area contributed by atoms with Crippen LogP contribution < -0.4 is 10.1 Å². The number of benzene rings is 1. The molecular formula is C15H19NO3. The number of piperidine rings is 1. The van der Waals surface area contributed by atoms with Gasteiger partial charge in [-0.1, -0.05) is 18.2 Å². The highest BCUT2D eigenvalue weighted by molar-refractivity contribution is 5.76. The van der Waals surface area contributed by atoms with Gasteiger partial charge >= 0.3 is 5.97 Å². The van der Waals surface area contributed by atoms with Crippen LogP contribution in [0.15, 0.2) is 24.3 Å². The van der Waals surface area contributed by atoms with Crippen molar-refractivity contribution >= 4 is 5.97 Å². The van der Waals surface area contributed by atoms with Gasteiger partial charge < -0.3 is 14.8 Å². The van der Waals surface area contributed by atoms with Crippen LogP contribution in [0.4, 0.5) is 0 Å². The maximum Gasteiger partial charge on any atom is 0.347 e. The van der Waals surface area contributed by atoms with Crippen LogP contribution in [0.1, 0.15) is 24.8 Å². The third-order valence-corrected chi connectivity index (χ3v) is 4.33. The summed E-state index contributed by atoms with van der Waals surface area (Å²) in [5.41, 5.74) is 1.30. The molecule has 0 radical (unpaired) electrons. The zero-order valence-corrected chi connectivity index (χ0v) is 11.1. The highest BCUT2D eigenvalue weighted by atomic mass is 16.6. The van der Waals surface area contributed by atoms with E-state index in [1.54, 1.807) is 0 Å². The minimum absolute atomic E-state index is 0.0545. The summed E-state index contributed by atoms with van der Waals surface area (Å²) < 4.78 is 10.7. The first-order chi connectivity index (χ1) is 9.25. The van der Waals surface area contributed by atoms with Crippen LogP contribution in [0.2, 0.25) is 0 Å². The normalized spacial score (nSPS) is 24.4. The van der Waals surface area contributed by atoms with Gasteiger partial charge in [0, 0.05) is 17.4 Å². The van der Waals surface area contributed by atoms with Gasteiger partial charge in [0.2, 0.25) is 0 Å². The van der Waals surface area contributed by atoms with Crippen molar-refractivity contribution in [3.63, 3.8) is 0 Å². The van der Waals surface area contributed by atoms with Gasteiger partial charge in [-0.25, -0.2) is 4.79 Å². The molecule has 0 aliphatic carbocycles. The monoisotopic (exact) mass is 261 g/mol. The molecule has 102 valence electrons. The van der Waals surface area contributed by atoms with Crippen molar-refractivity contribution in [2.45, 2.75) is 30.8 Å². The number of ether oxygens (including phenoxy) is 2. The van der Waals surface area contributed by atoms with Crippen LogP contribution in [0.25, 0.3) is 0 Å². The fourth-order valence-corrected chi connectivity index (χ4v) is 3.31. The molecule has 1 unspecified atom stereocenters. The zero-order chi connectivity index (χ0) is 13.3. The molecule has 4 heteroatoms. The Balaban J connectivity index is 2.00. The molecule has 4 nitrogen and oxygen atoms in total. The molecule has 1 saturated heterocycles. The summed E-state index contributed by atoms with van der Waals surface area (Å²) >= 11 is 0. The molecule has 1 atom stereocenters. The van der Waals surface area contributed by atoms with E-state index in [9.17, 15) is 4.79 Å². The van der Waals surface area contributed by atoms with E-state index in [1.165, 1.54) is 12.7 Å². The van der Waals surface area contributed by atoms with Crippen LogP contribution in [0.5, 0.6) is 5.75 Å². The molecule has 1 aromatic rings. The number of rotatable bonds is 1. The van der Waals surface area contributed by atoms with E-state index in [1.807, 2.05) is 18.2 Å². The lowest BCUT2D eigenvalue weighted by Crippen LogP contribution is -2.48. The van der Waals surface area contributed by atoms with Crippen LogP contribution >= 0.6 is 0 Å². The van der Waals surface area contributed by atoms with Crippen molar-refractivity contribution in [1.29, 1.82) is 0 Å². The molecule has 0 amide bonds. The van der Waals surface area contributed by atoms with Gasteiger partial charge in [0.15, 0.2) is 6.10 Å². The average Bonchev–Trinajstić information content (AvgIpc) is 2.47. The summed E-state index contributed by atoms with van der Waals surface area (Å²) in [4.78, 5) is 11.8. The minimum Gasteiger partial charge on any atom is -0.478 e. The maximum absolute atomic E-state index is 11.8. The van der Waals surface area contributed by atoms with Crippen molar-refractivity contribution in [1.82, 2.24) is 5.32 Å². The van der Waals surface area contributed by atoms with E-state index in [-0.39, 0.29) is 11.4 Å². The van der Waals surface area contributed by atoms with Crippen LogP contribution in [0, 0.1) is 0 Å². The Hall–Kier alpha value is -1.55. The van der Waals surface area contributed by atoms with Gasteiger partial charge in [0.1, 0.15) is 5.75 Å². The topological polar surface area (TPSA) is 47.6 Å². The van der Waals surface area contributed by atoms with E-state index >= 15 is 0 Å². The first kappa shape index (κ1) is 12.5. The Kier molecular flexibility index (Phi) is 3.19. The van der Waals surface area contributed by atoms with Gasteiger partial charge in [0.05, 0.1) is 7.11 Å². The SMILES string of the molecule is COC(=O)C1CC2(CCNCC2)c2ccccc2O1. The summed E-state index contributed by atoms with van der Waals surface area (Å²) in [6.45, 7) is 1.98. The Morgan fingerprint density at radius 1 is 1.37 bits per heavy atom. The smallest absolute Gasteiger partial charge is 0.347 e. The van der Waals surface area contributed by atoms with E-state index in [0.717, 1.165) is 38.1 Å². The zero-order valence-electron chi connectivity index (χ0n) is 11.1.